The fourth-order valence-electron chi connectivity index (χ4n) is 4.46. The zero-order valence-corrected chi connectivity index (χ0v) is 16.2. The van der Waals surface area contributed by atoms with Gasteiger partial charge in [0.15, 0.2) is 0 Å². The van der Waals surface area contributed by atoms with E-state index in [9.17, 15) is 0 Å². The van der Waals surface area contributed by atoms with E-state index in [4.69, 9.17) is 0 Å². The molecule has 0 spiro atoms. The monoisotopic (exact) mass is 372 g/mol. The van der Waals surface area contributed by atoms with Crippen molar-refractivity contribution < 1.29 is 0 Å². The Morgan fingerprint density at radius 2 is 1.34 bits per heavy atom. The number of hydrogen-bond acceptors (Lipinski definition) is 0. The van der Waals surface area contributed by atoms with Gasteiger partial charge in [-0.05, 0) is 61.0 Å². The van der Waals surface area contributed by atoms with Gasteiger partial charge in [-0.25, -0.2) is 0 Å². The van der Waals surface area contributed by atoms with E-state index in [2.05, 4.69) is 119 Å². The Morgan fingerprint density at radius 1 is 0.552 bits per heavy atom. The maximum Gasteiger partial charge on any atom is 0.0548 e. The molecular formula is C27H20N2. The van der Waals surface area contributed by atoms with Crippen LogP contribution in [0.1, 0.15) is 5.56 Å². The van der Waals surface area contributed by atoms with Gasteiger partial charge in [-0.2, -0.15) is 0 Å². The lowest BCUT2D eigenvalue weighted by molar-refractivity contribution is 1.13. The lowest BCUT2D eigenvalue weighted by atomic mass is 10.1. The highest BCUT2D eigenvalue weighted by atomic mass is 15.0. The number of aryl methyl sites for hydroxylation is 1. The molecular weight excluding hydrogens is 352 g/mol. The van der Waals surface area contributed by atoms with Crippen molar-refractivity contribution in [1.82, 2.24) is 9.13 Å². The molecule has 2 heterocycles. The smallest absolute Gasteiger partial charge is 0.0548 e. The summed E-state index contributed by atoms with van der Waals surface area (Å²) in [7, 11) is 0. The number of fused-ring (bicyclic) bond motifs is 4. The normalized spacial score (nSPS) is 11.6. The molecule has 0 aliphatic carbocycles. The molecule has 0 saturated heterocycles. The molecule has 0 atom stereocenters. The zero-order chi connectivity index (χ0) is 19.4. The number of benzene rings is 4. The Bertz CT molecular complexity index is 1500. The molecule has 138 valence electrons. The zero-order valence-electron chi connectivity index (χ0n) is 16.2. The highest BCUT2D eigenvalue weighted by Gasteiger charge is 2.14. The van der Waals surface area contributed by atoms with Gasteiger partial charge in [-0.1, -0.05) is 48.5 Å². The van der Waals surface area contributed by atoms with Crippen molar-refractivity contribution in [3.63, 3.8) is 0 Å². The first-order valence-electron chi connectivity index (χ1n) is 9.96. The Hall–Kier alpha value is -3.78. The quantitative estimate of drug-likeness (QED) is 0.309. The molecule has 0 radical (unpaired) electrons. The van der Waals surface area contributed by atoms with Crippen molar-refractivity contribution in [3.8, 4) is 11.4 Å². The fraction of sp³-hybridized carbons (Fsp3) is 0.0370. The maximum atomic E-state index is 2.39. The number of para-hydroxylation sites is 2. The summed E-state index contributed by atoms with van der Waals surface area (Å²) in [5.74, 6) is 0. The van der Waals surface area contributed by atoms with E-state index < -0.39 is 0 Å². The van der Waals surface area contributed by atoms with Gasteiger partial charge < -0.3 is 9.13 Å². The highest BCUT2D eigenvalue weighted by Crippen LogP contribution is 2.35. The van der Waals surface area contributed by atoms with Gasteiger partial charge in [0.2, 0.25) is 0 Å². The SMILES string of the molecule is Cc1cccc(-n2c3ccccc3c3cc4c(ccn4-c4ccccc4)cc32)c1. The van der Waals surface area contributed by atoms with Crippen LogP contribution in [0.4, 0.5) is 0 Å². The second-order valence-corrected chi connectivity index (χ2v) is 7.64. The van der Waals surface area contributed by atoms with Crippen LogP contribution in [-0.2, 0) is 0 Å². The first-order valence-corrected chi connectivity index (χ1v) is 9.96. The lowest BCUT2D eigenvalue weighted by Gasteiger charge is -2.09. The Labute approximate surface area is 169 Å². The fourth-order valence-corrected chi connectivity index (χ4v) is 4.46. The van der Waals surface area contributed by atoms with Gasteiger partial charge in [0.05, 0.1) is 16.6 Å². The van der Waals surface area contributed by atoms with Crippen LogP contribution < -0.4 is 0 Å². The van der Waals surface area contributed by atoms with Crippen molar-refractivity contribution in [2.75, 3.05) is 0 Å². The summed E-state index contributed by atoms with van der Waals surface area (Å²) in [6.45, 7) is 2.15. The van der Waals surface area contributed by atoms with Gasteiger partial charge in [0.25, 0.3) is 0 Å². The Balaban J connectivity index is 1.73. The number of aromatic nitrogens is 2. The number of nitrogens with zero attached hydrogens (tertiary/aromatic N) is 2. The maximum absolute atomic E-state index is 2.39. The van der Waals surface area contributed by atoms with Gasteiger partial charge in [0, 0.05) is 33.7 Å². The van der Waals surface area contributed by atoms with Gasteiger partial charge in [0.1, 0.15) is 0 Å². The molecule has 4 aromatic carbocycles. The number of hydrogen-bond donors (Lipinski definition) is 0. The third-order valence-electron chi connectivity index (χ3n) is 5.78. The second kappa shape index (κ2) is 6.11. The van der Waals surface area contributed by atoms with E-state index in [0.717, 1.165) is 0 Å². The van der Waals surface area contributed by atoms with E-state index in [1.165, 1.54) is 49.6 Å². The minimum Gasteiger partial charge on any atom is -0.317 e. The standard InChI is InChI=1S/C27H20N2/c1-19-8-7-11-22(16-19)29-25-13-6-5-12-23(25)24-18-26-20(17-27(24)29)14-15-28(26)21-9-3-2-4-10-21/h2-18H,1H3. The summed E-state index contributed by atoms with van der Waals surface area (Å²) in [6, 6.07) is 34.8. The molecule has 29 heavy (non-hydrogen) atoms. The topological polar surface area (TPSA) is 9.86 Å². The van der Waals surface area contributed by atoms with Crippen LogP contribution in [0.2, 0.25) is 0 Å². The molecule has 2 heteroatoms. The minimum absolute atomic E-state index is 1.18. The third kappa shape index (κ3) is 2.43. The number of rotatable bonds is 2. The predicted molar refractivity (Wildman–Crippen MR) is 122 cm³/mol. The van der Waals surface area contributed by atoms with Crippen LogP contribution in [0, 0.1) is 6.92 Å². The van der Waals surface area contributed by atoms with E-state index in [1.807, 2.05) is 0 Å². The van der Waals surface area contributed by atoms with E-state index in [0.29, 0.717) is 0 Å². The molecule has 2 aromatic heterocycles. The second-order valence-electron chi connectivity index (χ2n) is 7.64. The minimum atomic E-state index is 1.18. The summed E-state index contributed by atoms with van der Waals surface area (Å²) in [4.78, 5) is 0. The summed E-state index contributed by atoms with van der Waals surface area (Å²) < 4.78 is 4.66. The predicted octanol–water partition coefficient (Wildman–Crippen LogP) is 7.04. The first kappa shape index (κ1) is 16.2. The highest BCUT2D eigenvalue weighted by molar-refractivity contribution is 6.13. The molecule has 0 bridgehead atoms. The van der Waals surface area contributed by atoms with Crippen molar-refractivity contribution >= 4 is 32.7 Å². The largest absolute Gasteiger partial charge is 0.317 e. The van der Waals surface area contributed by atoms with Crippen LogP contribution in [0.25, 0.3) is 44.1 Å². The summed E-state index contributed by atoms with van der Waals surface area (Å²) in [5, 5.41) is 3.82. The Morgan fingerprint density at radius 3 is 2.21 bits per heavy atom. The van der Waals surface area contributed by atoms with Crippen LogP contribution in [0.5, 0.6) is 0 Å². The van der Waals surface area contributed by atoms with Crippen molar-refractivity contribution in [3.05, 3.63) is 109 Å². The lowest BCUT2D eigenvalue weighted by Crippen LogP contribution is -1.94. The van der Waals surface area contributed by atoms with E-state index >= 15 is 0 Å². The van der Waals surface area contributed by atoms with Crippen molar-refractivity contribution in [2.45, 2.75) is 6.92 Å². The third-order valence-corrected chi connectivity index (χ3v) is 5.78. The molecule has 0 fully saturated rings. The molecule has 0 aliphatic heterocycles. The molecule has 0 N–H and O–H groups in total. The molecule has 2 nitrogen and oxygen atoms in total. The summed E-state index contributed by atoms with van der Waals surface area (Å²) >= 11 is 0. The van der Waals surface area contributed by atoms with Gasteiger partial charge >= 0.3 is 0 Å². The van der Waals surface area contributed by atoms with E-state index in [1.54, 1.807) is 0 Å². The van der Waals surface area contributed by atoms with Crippen molar-refractivity contribution in [2.24, 2.45) is 0 Å². The molecule has 6 rings (SSSR count). The van der Waals surface area contributed by atoms with Gasteiger partial charge in [-0.3, -0.25) is 0 Å². The molecule has 0 amide bonds. The first-order chi connectivity index (χ1) is 14.3. The average molecular weight is 372 g/mol. The van der Waals surface area contributed by atoms with Crippen LogP contribution in [0.3, 0.4) is 0 Å². The molecule has 6 aromatic rings. The molecule has 0 aliphatic rings. The summed E-state index contributed by atoms with van der Waals surface area (Å²) in [6.07, 6.45) is 2.16. The van der Waals surface area contributed by atoms with Crippen molar-refractivity contribution in [1.29, 1.82) is 0 Å². The van der Waals surface area contributed by atoms with Gasteiger partial charge in [-0.15, -0.1) is 0 Å². The van der Waals surface area contributed by atoms with Crippen LogP contribution in [0.15, 0.2) is 103 Å². The molecule has 0 saturated carbocycles. The van der Waals surface area contributed by atoms with Crippen LogP contribution >= 0.6 is 0 Å². The summed E-state index contributed by atoms with van der Waals surface area (Å²) in [5.41, 5.74) is 7.38. The Kier molecular flexibility index (Phi) is 3.41. The average Bonchev–Trinajstić information content (AvgIpc) is 3.31. The molecule has 0 unspecified atom stereocenters. The van der Waals surface area contributed by atoms with Crippen LogP contribution in [-0.4, -0.2) is 9.13 Å². The van der Waals surface area contributed by atoms with E-state index in [-0.39, 0.29) is 0 Å².